The third-order valence-corrected chi connectivity index (χ3v) is 2.11. The molecule has 0 fully saturated rings. The van der Waals surface area contributed by atoms with Gasteiger partial charge in [0.05, 0.1) is 0 Å². The molecule has 0 aliphatic heterocycles. The molecule has 0 aliphatic rings. The lowest BCUT2D eigenvalue weighted by atomic mass is 10.3. The third-order valence-electron chi connectivity index (χ3n) is 2.11. The highest BCUT2D eigenvalue weighted by atomic mass is 16.5. The Morgan fingerprint density at radius 1 is 1.33 bits per heavy atom. The zero-order valence-electron chi connectivity index (χ0n) is 9.79. The molecule has 0 saturated carbocycles. The molecular weight excluding hydrogens is 192 g/mol. The minimum atomic E-state index is 0.749. The fourth-order valence-corrected chi connectivity index (χ4v) is 1.23. The van der Waals surface area contributed by atoms with E-state index in [1.807, 2.05) is 21.1 Å². The van der Waals surface area contributed by atoms with Gasteiger partial charge in [-0.3, -0.25) is 0 Å². The first-order chi connectivity index (χ1) is 7.22. The van der Waals surface area contributed by atoms with Crippen molar-refractivity contribution in [2.75, 3.05) is 34.2 Å². The van der Waals surface area contributed by atoms with E-state index >= 15 is 0 Å². The molecule has 1 rings (SSSR count). The molecule has 1 heterocycles. The van der Waals surface area contributed by atoms with E-state index in [9.17, 15) is 0 Å². The van der Waals surface area contributed by atoms with Crippen LogP contribution in [-0.2, 0) is 12.8 Å². The fraction of sp³-hybridized carbons (Fsp3) is 0.800. The topological polar surface area (TPSA) is 54.2 Å². The summed E-state index contributed by atoms with van der Waals surface area (Å²) in [7, 11) is 6.01. The summed E-state index contributed by atoms with van der Waals surface area (Å²) in [6.07, 6.45) is 2.74. The zero-order valence-corrected chi connectivity index (χ0v) is 9.79. The Morgan fingerprint density at radius 2 is 2.13 bits per heavy atom. The van der Waals surface area contributed by atoms with Crippen LogP contribution < -0.4 is 5.32 Å². The average Bonchev–Trinajstić information content (AvgIpc) is 2.63. The summed E-state index contributed by atoms with van der Waals surface area (Å²) < 4.78 is 5.14. The number of aryl methyl sites for hydroxylation is 1. The van der Waals surface area contributed by atoms with Gasteiger partial charge >= 0.3 is 0 Å². The predicted molar refractivity (Wildman–Crippen MR) is 58.8 cm³/mol. The Hall–Kier alpha value is -0.940. The van der Waals surface area contributed by atoms with Gasteiger partial charge in [-0.05, 0) is 34.1 Å². The SMILES string of the molecule is CNCCCc1nc(CCN(C)C)no1. The first-order valence-corrected chi connectivity index (χ1v) is 5.33. The summed E-state index contributed by atoms with van der Waals surface area (Å²) in [4.78, 5) is 6.43. The quantitative estimate of drug-likeness (QED) is 0.660. The summed E-state index contributed by atoms with van der Waals surface area (Å²) in [5, 5.41) is 7.02. The molecule has 0 unspecified atom stereocenters. The Balaban J connectivity index is 2.29. The van der Waals surface area contributed by atoms with Gasteiger partial charge in [-0.15, -0.1) is 0 Å². The molecular formula is C10H20N4O. The highest BCUT2D eigenvalue weighted by Gasteiger charge is 2.05. The van der Waals surface area contributed by atoms with Crippen molar-refractivity contribution in [1.82, 2.24) is 20.4 Å². The van der Waals surface area contributed by atoms with Gasteiger partial charge in [0.2, 0.25) is 5.89 Å². The van der Waals surface area contributed by atoms with E-state index in [0.717, 1.165) is 44.1 Å². The molecule has 0 bridgehead atoms. The van der Waals surface area contributed by atoms with E-state index in [-0.39, 0.29) is 0 Å². The molecule has 5 nitrogen and oxygen atoms in total. The van der Waals surface area contributed by atoms with Crippen molar-refractivity contribution in [1.29, 1.82) is 0 Å². The number of rotatable bonds is 7. The Kier molecular flexibility index (Phi) is 5.28. The fourth-order valence-electron chi connectivity index (χ4n) is 1.23. The molecule has 86 valence electrons. The summed E-state index contributed by atoms with van der Waals surface area (Å²) in [6.45, 7) is 1.94. The first kappa shape index (κ1) is 12.1. The van der Waals surface area contributed by atoms with Gasteiger partial charge in [-0.25, -0.2) is 0 Å². The van der Waals surface area contributed by atoms with Crippen LogP contribution in [0.3, 0.4) is 0 Å². The molecule has 1 N–H and O–H groups in total. The van der Waals surface area contributed by atoms with E-state index < -0.39 is 0 Å². The van der Waals surface area contributed by atoms with Gasteiger partial charge in [0.25, 0.3) is 0 Å². The van der Waals surface area contributed by atoms with Gasteiger partial charge in [0.1, 0.15) is 0 Å². The van der Waals surface area contributed by atoms with Crippen LogP contribution in [0.2, 0.25) is 0 Å². The van der Waals surface area contributed by atoms with E-state index in [4.69, 9.17) is 4.52 Å². The molecule has 0 amide bonds. The van der Waals surface area contributed by atoms with Crippen molar-refractivity contribution in [2.45, 2.75) is 19.3 Å². The van der Waals surface area contributed by atoms with Crippen LogP contribution in [0.25, 0.3) is 0 Å². The maximum absolute atomic E-state index is 5.14. The average molecular weight is 212 g/mol. The molecule has 5 heteroatoms. The molecule has 0 aromatic carbocycles. The number of nitrogens with zero attached hydrogens (tertiary/aromatic N) is 3. The van der Waals surface area contributed by atoms with E-state index in [1.54, 1.807) is 0 Å². The number of hydrogen-bond acceptors (Lipinski definition) is 5. The van der Waals surface area contributed by atoms with E-state index in [1.165, 1.54) is 0 Å². The molecule has 0 aliphatic carbocycles. The zero-order chi connectivity index (χ0) is 11.1. The summed E-state index contributed by atoms with van der Waals surface area (Å²) in [5.74, 6) is 1.56. The number of likely N-dealkylation sites (N-methyl/N-ethyl adjacent to an activating group) is 1. The molecule has 1 aromatic heterocycles. The third kappa shape index (κ3) is 4.90. The predicted octanol–water partition coefficient (Wildman–Crippen LogP) is 0.326. The van der Waals surface area contributed by atoms with Crippen LogP contribution in [0.5, 0.6) is 0 Å². The minimum Gasteiger partial charge on any atom is -0.339 e. The second-order valence-electron chi connectivity index (χ2n) is 3.86. The van der Waals surface area contributed by atoms with Crippen molar-refractivity contribution in [3.05, 3.63) is 11.7 Å². The Bertz CT molecular complexity index is 272. The second-order valence-corrected chi connectivity index (χ2v) is 3.86. The lowest BCUT2D eigenvalue weighted by Gasteiger charge is -2.05. The number of hydrogen-bond donors (Lipinski definition) is 1. The Labute approximate surface area is 90.8 Å². The van der Waals surface area contributed by atoms with Crippen molar-refractivity contribution in [3.63, 3.8) is 0 Å². The molecule has 0 atom stereocenters. The smallest absolute Gasteiger partial charge is 0.226 e. The van der Waals surface area contributed by atoms with Crippen molar-refractivity contribution >= 4 is 0 Å². The van der Waals surface area contributed by atoms with Crippen LogP contribution in [0.15, 0.2) is 4.52 Å². The largest absolute Gasteiger partial charge is 0.339 e. The van der Waals surface area contributed by atoms with Crippen molar-refractivity contribution in [3.8, 4) is 0 Å². The van der Waals surface area contributed by atoms with Crippen LogP contribution >= 0.6 is 0 Å². The maximum Gasteiger partial charge on any atom is 0.226 e. The van der Waals surface area contributed by atoms with Gasteiger partial charge in [-0.2, -0.15) is 4.98 Å². The van der Waals surface area contributed by atoms with E-state index in [0.29, 0.717) is 0 Å². The summed E-state index contributed by atoms with van der Waals surface area (Å²) in [5.41, 5.74) is 0. The van der Waals surface area contributed by atoms with Gasteiger partial charge < -0.3 is 14.7 Å². The normalized spacial score (nSPS) is 11.2. The molecule has 1 aromatic rings. The highest BCUT2D eigenvalue weighted by Crippen LogP contribution is 2.01. The second kappa shape index (κ2) is 6.53. The van der Waals surface area contributed by atoms with Gasteiger partial charge in [0, 0.05) is 19.4 Å². The number of aromatic nitrogens is 2. The molecule has 0 saturated heterocycles. The highest BCUT2D eigenvalue weighted by molar-refractivity contribution is 4.87. The lowest BCUT2D eigenvalue weighted by Crippen LogP contribution is -2.15. The molecule has 15 heavy (non-hydrogen) atoms. The Morgan fingerprint density at radius 3 is 2.80 bits per heavy atom. The monoisotopic (exact) mass is 212 g/mol. The summed E-state index contributed by atoms with van der Waals surface area (Å²) in [6, 6.07) is 0. The standard InChI is InChI=1S/C10H20N4O/c1-11-7-4-5-10-12-9(13-15-10)6-8-14(2)3/h11H,4-8H2,1-3H3. The van der Waals surface area contributed by atoms with E-state index in [2.05, 4.69) is 20.4 Å². The molecule has 0 spiro atoms. The maximum atomic E-state index is 5.14. The number of nitrogens with one attached hydrogen (secondary N) is 1. The minimum absolute atomic E-state index is 0.749. The first-order valence-electron chi connectivity index (χ1n) is 5.33. The summed E-state index contributed by atoms with van der Waals surface area (Å²) >= 11 is 0. The van der Waals surface area contributed by atoms with Crippen molar-refractivity contribution in [2.24, 2.45) is 0 Å². The van der Waals surface area contributed by atoms with Gasteiger partial charge in [0.15, 0.2) is 5.82 Å². The van der Waals surface area contributed by atoms with Crippen LogP contribution in [0, 0.1) is 0 Å². The van der Waals surface area contributed by atoms with Crippen LogP contribution in [0.4, 0.5) is 0 Å². The lowest BCUT2D eigenvalue weighted by molar-refractivity contribution is 0.363. The van der Waals surface area contributed by atoms with Crippen LogP contribution in [0.1, 0.15) is 18.1 Å². The van der Waals surface area contributed by atoms with Crippen molar-refractivity contribution < 1.29 is 4.52 Å². The van der Waals surface area contributed by atoms with Crippen LogP contribution in [-0.4, -0.2) is 49.3 Å². The molecule has 0 radical (unpaired) electrons. The van der Waals surface area contributed by atoms with Gasteiger partial charge in [-0.1, -0.05) is 5.16 Å².